The Morgan fingerprint density at radius 2 is 0.701 bits per heavy atom. The van der Waals surface area contributed by atoms with Gasteiger partial charge in [-0.2, -0.15) is 0 Å². The Morgan fingerprint density at radius 3 is 1.17 bits per heavy atom. The number of carbonyl (C=O) groups is 14. The van der Waals surface area contributed by atoms with Gasteiger partial charge in [0.25, 0.3) is 0 Å². The lowest BCUT2D eigenvalue weighted by atomic mass is 9.89. The number of ether oxygens (including phenoxy) is 10. The van der Waals surface area contributed by atoms with Gasteiger partial charge in [-0.25, -0.2) is 14.4 Å². The fourth-order valence-corrected chi connectivity index (χ4v) is 11.5. The number of aliphatic carboxylic acids is 3. The van der Waals surface area contributed by atoms with Crippen LogP contribution in [0.25, 0.3) is 0 Å². The standard InChI is InChI=1S/C83H129N5O29.2H2/c1-62(20-12-14-38-84-76(95)59-113-53-49-109-43-19-24-69(91)58-112-52-50-110-46-40-86-74(93)37-30-66(82(104)105)56-68(90)22-10-6-2-4-8-16-44-116-70-32-26-63(27-33-70)79(98)99)73(92)57-65(81(102)103)21-13-15-39-85-77(96)60-115-55-51-111-47-41-87-78(97)61-114-54-48-108-42-18-23-67(89)31-36-72(83(106)107)88-75(94)25-11-7-3-5-9-17-45-117-71-34-28-64(29-35-71)80(100)101;;/h26-29,32-35,62,65-66,72H,2-25,30-31,36-61H2,1H3,(H,84,95)(H,85,96)(H,86,93)(H,87,97)(H,88,94)(H,98,99)(H,100,101)(H,102,103)(H,104,105)(H,106,107);2*1H/t62-,65+,66+,72-;;/m0../s1. The zero-order valence-corrected chi connectivity index (χ0v) is 68.2. The summed E-state index contributed by atoms with van der Waals surface area (Å²) in [6.45, 7) is 5.43. The highest BCUT2D eigenvalue weighted by atomic mass is 16.5. The summed E-state index contributed by atoms with van der Waals surface area (Å²) in [5, 5.41) is 60.3. The quantitative estimate of drug-likeness (QED) is 0.0279. The lowest BCUT2D eigenvalue weighted by Gasteiger charge is -2.15. The number of rotatable bonds is 81. The van der Waals surface area contributed by atoms with Crippen LogP contribution in [0.15, 0.2) is 48.5 Å². The summed E-state index contributed by atoms with van der Waals surface area (Å²) in [6, 6.07) is 11.3. The van der Waals surface area contributed by atoms with Crippen molar-refractivity contribution in [3.63, 3.8) is 0 Å². The van der Waals surface area contributed by atoms with Crippen LogP contribution in [0, 0.1) is 17.8 Å². The van der Waals surface area contributed by atoms with Gasteiger partial charge in [0, 0.05) is 99.5 Å². The topological polar surface area (TPSA) is 493 Å². The average Bonchev–Trinajstić information content (AvgIpc) is 0.895. The molecule has 664 valence electrons. The molecule has 2 aromatic carbocycles. The minimum Gasteiger partial charge on any atom is -0.494 e. The molecule has 0 aliphatic rings. The Hall–Kier alpha value is -8.90. The van der Waals surface area contributed by atoms with Crippen LogP contribution in [-0.2, 0) is 95.4 Å². The molecule has 117 heavy (non-hydrogen) atoms. The summed E-state index contributed by atoms with van der Waals surface area (Å²) in [6.07, 6.45) is 14.7. The van der Waals surface area contributed by atoms with Crippen molar-refractivity contribution < 1.29 is 143 Å². The number of carboxylic acid groups (broad SMARTS) is 5. The van der Waals surface area contributed by atoms with E-state index in [0.29, 0.717) is 102 Å². The fourth-order valence-electron chi connectivity index (χ4n) is 11.5. The van der Waals surface area contributed by atoms with E-state index < -0.39 is 47.7 Å². The number of hydrogen-bond donors (Lipinski definition) is 10. The number of carboxylic acids is 5. The molecule has 5 amide bonds. The van der Waals surface area contributed by atoms with Gasteiger partial charge in [-0.15, -0.1) is 0 Å². The van der Waals surface area contributed by atoms with Gasteiger partial charge >= 0.3 is 29.8 Å². The first-order valence-corrected chi connectivity index (χ1v) is 41.1. The van der Waals surface area contributed by atoms with Crippen molar-refractivity contribution in [3.8, 4) is 11.5 Å². The number of carbonyl (C=O) groups excluding carboxylic acids is 9. The molecule has 0 aromatic heterocycles. The van der Waals surface area contributed by atoms with Crippen LogP contribution < -0.4 is 36.1 Å². The molecule has 34 heteroatoms. The molecule has 2 aromatic rings. The van der Waals surface area contributed by atoms with Crippen molar-refractivity contribution in [2.45, 2.75) is 206 Å². The summed E-state index contributed by atoms with van der Waals surface area (Å²) in [7, 11) is 0. The smallest absolute Gasteiger partial charge is 0.335 e. The second-order valence-electron chi connectivity index (χ2n) is 28.4. The van der Waals surface area contributed by atoms with Gasteiger partial charge in [0.1, 0.15) is 61.3 Å². The minimum absolute atomic E-state index is 0. The molecular formula is C83H133N5O29. The maximum absolute atomic E-state index is 12.9. The molecule has 0 aliphatic carbocycles. The first-order chi connectivity index (χ1) is 56.4. The van der Waals surface area contributed by atoms with Crippen LogP contribution in [0.3, 0.4) is 0 Å². The summed E-state index contributed by atoms with van der Waals surface area (Å²) in [5.74, 6) is -8.68. The van der Waals surface area contributed by atoms with Crippen LogP contribution in [0.4, 0.5) is 0 Å². The Kier molecular flexibility index (Phi) is 61.5. The zero-order chi connectivity index (χ0) is 85.7. The van der Waals surface area contributed by atoms with Gasteiger partial charge in [0.15, 0.2) is 5.78 Å². The Morgan fingerprint density at radius 1 is 0.308 bits per heavy atom. The maximum atomic E-state index is 12.9. The fraction of sp³-hybridized carbons (Fsp3) is 0.687. The summed E-state index contributed by atoms with van der Waals surface area (Å²) >= 11 is 0. The van der Waals surface area contributed by atoms with Crippen molar-refractivity contribution in [1.82, 2.24) is 26.6 Å². The summed E-state index contributed by atoms with van der Waals surface area (Å²) in [4.78, 5) is 169. The molecule has 4 atom stereocenters. The van der Waals surface area contributed by atoms with Crippen LogP contribution in [0.1, 0.15) is 223 Å². The Balaban J connectivity index is 0.0000696. The number of hydrogen-bond acceptors (Lipinski definition) is 24. The van der Waals surface area contributed by atoms with Crippen molar-refractivity contribution in [2.24, 2.45) is 17.8 Å². The van der Waals surface area contributed by atoms with Gasteiger partial charge in [0.05, 0.1) is 102 Å². The number of ketones is 4. The second-order valence-corrected chi connectivity index (χ2v) is 28.4. The van der Waals surface area contributed by atoms with Gasteiger partial charge in [-0.1, -0.05) is 71.1 Å². The molecule has 0 bridgehead atoms. The van der Waals surface area contributed by atoms with Gasteiger partial charge in [-0.05, 0) is 126 Å². The van der Waals surface area contributed by atoms with Crippen LogP contribution in [0.2, 0.25) is 0 Å². The molecule has 0 radical (unpaired) electrons. The molecule has 0 spiro atoms. The third-order valence-electron chi connectivity index (χ3n) is 18.4. The van der Waals surface area contributed by atoms with Gasteiger partial charge in [-0.3, -0.25) is 52.7 Å². The largest absolute Gasteiger partial charge is 0.494 e. The van der Waals surface area contributed by atoms with E-state index in [0.717, 1.165) is 64.2 Å². The third kappa shape index (κ3) is 59.4. The van der Waals surface area contributed by atoms with E-state index >= 15 is 0 Å². The first kappa shape index (κ1) is 104. The van der Waals surface area contributed by atoms with E-state index in [-0.39, 0.29) is 255 Å². The van der Waals surface area contributed by atoms with Gasteiger partial charge < -0.3 is 99.5 Å². The number of aromatic carboxylic acids is 2. The molecule has 0 unspecified atom stereocenters. The summed E-state index contributed by atoms with van der Waals surface area (Å²) in [5.41, 5.74) is 0.390. The van der Waals surface area contributed by atoms with Crippen LogP contribution >= 0.6 is 0 Å². The molecule has 0 heterocycles. The molecule has 2 rings (SSSR count). The normalized spacial score (nSPS) is 12.1. The number of nitrogens with one attached hydrogen (secondary N) is 5. The lowest BCUT2D eigenvalue weighted by Crippen LogP contribution is -2.41. The maximum Gasteiger partial charge on any atom is 0.335 e. The van der Waals surface area contributed by atoms with E-state index in [1.54, 1.807) is 31.2 Å². The Bertz CT molecular complexity index is 3190. The predicted molar refractivity (Wildman–Crippen MR) is 430 cm³/mol. The molecule has 34 nitrogen and oxygen atoms in total. The molecular weight excluding hydrogens is 1530 g/mol. The minimum atomic E-state index is -1.21. The van der Waals surface area contributed by atoms with E-state index in [1.165, 1.54) is 24.3 Å². The van der Waals surface area contributed by atoms with Crippen molar-refractivity contribution in [3.05, 3.63) is 59.7 Å². The zero-order valence-electron chi connectivity index (χ0n) is 68.2. The van der Waals surface area contributed by atoms with Gasteiger partial charge in [0.2, 0.25) is 29.5 Å². The predicted octanol–water partition coefficient (Wildman–Crippen LogP) is 8.22. The first-order valence-electron chi connectivity index (χ1n) is 41.1. The van der Waals surface area contributed by atoms with E-state index in [4.69, 9.17) is 57.6 Å². The number of Topliss-reactive ketones (excluding diaryl/α,β-unsaturated/α-hetero) is 4. The number of amides is 5. The van der Waals surface area contributed by atoms with Crippen molar-refractivity contribution in [2.75, 3.05) is 145 Å². The van der Waals surface area contributed by atoms with Crippen LogP contribution in [-0.4, -0.2) is 259 Å². The van der Waals surface area contributed by atoms with Crippen molar-refractivity contribution >= 4 is 82.5 Å². The van der Waals surface area contributed by atoms with E-state index in [2.05, 4.69) is 26.6 Å². The Labute approximate surface area is 688 Å². The highest BCUT2D eigenvalue weighted by molar-refractivity contribution is 5.89. The molecule has 0 aliphatic heterocycles. The van der Waals surface area contributed by atoms with Crippen molar-refractivity contribution in [1.29, 1.82) is 0 Å². The number of benzene rings is 2. The third-order valence-corrected chi connectivity index (χ3v) is 18.4. The summed E-state index contributed by atoms with van der Waals surface area (Å²) < 4.78 is 54.5. The SMILES string of the molecule is C[C@@H](CCCCNC(=O)COCCOCCCC(=O)COCCOCCNC(=O)CC[C@H](CC(=O)CCCCCCCCOc1ccc(C(=O)O)cc1)C(=O)O)C(=O)C[C@@H](CCCCNC(=O)COCCOCCNC(=O)COCCOCCCC(=O)CC[C@H](NC(=O)CCCCCCCCOc1ccc(C(=O)O)cc1)C(=O)O)C(=O)O.[HH].[HH]. The lowest BCUT2D eigenvalue weighted by molar-refractivity contribution is -0.144. The number of unbranched alkanes of at least 4 members (excludes halogenated alkanes) is 12. The molecule has 0 fully saturated rings. The highest BCUT2D eigenvalue weighted by Crippen LogP contribution is 2.21. The average molecular weight is 1660 g/mol. The molecule has 0 saturated carbocycles. The van der Waals surface area contributed by atoms with E-state index in [1.807, 2.05) is 0 Å². The highest BCUT2D eigenvalue weighted by Gasteiger charge is 2.26. The molecule has 0 saturated heterocycles. The van der Waals surface area contributed by atoms with Crippen LogP contribution in [0.5, 0.6) is 11.5 Å². The monoisotopic (exact) mass is 1660 g/mol. The second kappa shape index (κ2) is 69.1. The molecule has 10 N–H and O–H groups in total. The van der Waals surface area contributed by atoms with E-state index in [9.17, 15) is 82.4 Å².